The minimum atomic E-state index is -0.498. The van der Waals surface area contributed by atoms with E-state index in [1.165, 1.54) is 13.2 Å². The monoisotopic (exact) mass is 350 g/mol. The van der Waals surface area contributed by atoms with Gasteiger partial charge in [0.05, 0.1) is 7.11 Å². The van der Waals surface area contributed by atoms with Crippen molar-refractivity contribution in [2.45, 2.75) is 13.5 Å². The number of ether oxygens (including phenoxy) is 1. The van der Waals surface area contributed by atoms with E-state index in [1.54, 1.807) is 25.1 Å². The molecule has 23 heavy (non-hydrogen) atoms. The summed E-state index contributed by atoms with van der Waals surface area (Å²) in [5.41, 5.74) is 2.06. The fourth-order valence-electron chi connectivity index (χ4n) is 2.05. The Morgan fingerprint density at radius 2 is 2.13 bits per heavy atom. The van der Waals surface area contributed by atoms with E-state index in [-0.39, 0.29) is 0 Å². The number of methoxy groups -OCH3 is 1. The summed E-state index contributed by atoms with van der Waals surface area (Å²) in [5.74, 6) is 0.00576. The molecule has 2 N–H and O–H groups in total. The summed E-state index contributed by atoms with van der Waals surface area (Å²) in [5, 5.41) is 13.5. The van der Waals surface area contributed by atoms with Crippen LogP contribution in [0.5, 0.6) is 0 Å². The number of hydrogen-bond acceptors (Lipinski definition) is 4. The molecule has 0 fully saturated rings. The van der Waals surface area contributed by atoms with Crippen LogP contribution in [0.15, 0.2) is 24.3 Å². The molecule has 0 aliphatic carbocycles. The van der Waals surface area contributed by atoms with Gasteiger partial charge in [-0.1, -0.05) is 29.3 Å². The second kappa shape index (κ2) is 7.32. The Morgan fingerprint density at radius 3 is 2.74 bits per heavy atom. The smallest absolute Gasteiger partial charge is 0.341 e. The number of aromatic amines is 1. The lowest BCUT2D eigenvalue weighted by Crippen LogP contribution is -2.22. The van der Waals surface area contributed by atoms with Crippen LogP contribution in [-0.4, -0.2) is 13.1 Å². The number of halogens is 2. The second-order valence-corrected chi connectivity index (χ2v) is 5.63. The number of nitriles is 1. The van der Waals surface area contributed by atoms with Crippen LogP contribution in [0.25, 0.3) is 0 Å². The van der Waals surface area contributed by atoms with Crippen molar-refractivity contribution in [3.63, 3.8) is 0 Å². The molecule has 0 aliphatic rings. The van der Waals surface area contributed by atoms with E-state index in [1.807, 2.05) is 6.07 Å². The Bertz CT molecular complexity index is 801. The predicted octanol–water partition coefficient (Wildman–Crippen LogP) is 3.39. The quantitative estimate of drug-likeness (QED) is 0.857. The molecule has 7 heteroatoms. The molecule has 0 unspecified atom stereocenters. The zero-order valence-corrected chi connectivity index (χ0v) is 14.0. The number of esters is 1. The number of nitrogens with zero attached hydrogens (tertiary/aromatic N) is 1. The van der Waals surface area contributed by atoms with E-state index in [4.69, 9.17) is 27.9 Å². The van der Waals surface area contributed by atoms with E-state index in [0.29, 0.717) is 39.2 Å². The van der Waals surface area contributed by atoms with Crippen LogP contribution in [-0.2, 0) is 11.3 Å². The highest BCUT2D eigenvalue weighted by Gasteiger charge is 2.19. The summed E-state index contributed by atoms with van der Waals surface area (Å²) in [6.07, 6.45) is 0. The molecule has 0 aliphatic heterocycles. The van der Waals surface area contributed by atoms with Gasteiger partial charge in [0, 0.05) is 15.6 Å². The van der Waals surface area contributed by atoms with Crippen molar-refractivity contribution in [3.8, 4) is 6.07 Å². The Hall–Kier alpha value is -2.29. The number of benzene rings is 1. The molecule has 0 saturated carbocycles. The summed E-state index contributed by atoms with van der Waals surface area (Å²) in [6.45, 7) is 2.13. The molecule has 1 heterocycles. The van der Waals surface area contributed by atoms with Gasteiger partial charge in [-0.25, -0.2) is 9.78 Å². The minimum Gasteiger partial charge on any atom is -0.465 e. The van der Waals surface area contributed by atoms with Crippen molar-refractivity contribution in [2.75, 3.05) is 12.4 Å². The molecule has 0 bridgehead atoms. The third-order valence-corrected chi connectivity index (χ3v) is 3.86. The lowest BCUT2D eigenvalue weighted by atomic mass is 10.1. The van der Waals surface area contributed by atoms with Crippen molar-refractivity contribution >= 4 is 35.0 Å². The molecular formula is C16H14Cl2N3O2+. The van der Waals surface area contributed by atoms with Crippen LogP contribution in [0.3, 0.4) is 0 Å². The number of pyridine rings is 1. The average molecular weight is 351 g/mol. The number of aryl methyl sites for hydroxylation is 1. The van der Waals surface area contributed by atoms with Gasteiger partial charge in [0.2, 0.25) is 0 Å². The number of carbonyl (C=O) groups is 1. The van der Waals surface area contributed by atoms with E-state index < -0.39 is 5.97 Å². The molecule has 0 amide bonds. The molecule has 1 aromatic heterocycles. The average Bonchev–Trinajstić information content (AvgIpc) is 2.53. The SMILES string of the molecule is COC(=O)c1cc(C#N)c(NCc2ccc(Cl)cc2Cl)[nH+]c1C. The largest absolute Gasteiger partial charge is 0.465 e. The van der Waals surface area contributed by atoms with Crippen LogP contribution in [0.4, 0.5) is 5.82 Å². The van der Waals surface area contributed by atoms with Crippen LogP contribution in [0.1, 0.15) is 27.2 Å². The molecule has 0 radical (unpaired) electrons. The molecular weight excluding hydrogens is 337 g/mol. The standard InChI is InChI=1S/C16H13Cl2N3O2/c1-9-13(16(22)23-2)5-11(7-19)15(21-9)20-8-10-3-4-12(17)6-14(10)18/h3-6H,8H2,1-2H3,(H,20,21)/p+1. The van der Waals surface area contributed by atoms with Gasteiger partial charge >= 0.3 is 5.97 Å². The van der Waals surface area contributed by atoms with Crippen molar-refractivity contribution < 1.29 is 14.5 Å². The lowest BCUT2D eigenvalue weighted by molar-refractivity contribution is -0.371. The van der Waals surface area contributed by atoms with Crippen LogP contribution in [0.2, 0.25) is 10.0 Å². The topological polar surface area (TPSA) is 76.3 Å². The maximum atomic E-state index is 11.7. The highest BCUT2D eigenvalue weighted by atomic mass is 35.5. The number of rotatable bonds is 4. The molecule has 1 aromatic carbocycles. The summed E-state index contributed by atoms with van der Waals surface area (Å²) in [7, 11) is 1.29. The Balaban J connectivity index is 2.28. The van der Waals surface area contributed by atoms with Crippen LogP contribution in [0, 0.1) is 18.3 Å². The number of anilines is 1. The normalized spacial score (nSPS) is 10.0. The molecule has 0 atom stereocenters. The summed E-state index contributed by atoms with van der Waals surface area (Å²) < 4.78 is 4.69. The summed E-state index contributed by atoms with van der Waals surface area (Å²) >= 11 is 12.0. The first-order chi connectivity index (χ1) is 11.0. The number of carbonyl (C=O) groups excluding carboxylic acids is 1. The molecule has 2 aromatic rings. The summed E-state index contributed by atoms with van der Waals surface area (Å²) in [6, 6.07) is 8.74. The van der Waals surface area contributed by atoms with E-state index in [0.717, 1.165) is 5.56 Å². The molecule has 2 rings (SSSR count). The number of aromatic nitrogens is 1. The zero-order valence-electron chi connectivity index (χ0n) is 12.5. The first-order valence-corrected chi connectivity index (χ1v) is 7.45. The first-order valence-electron chi connectivity index (χ1n) is 6.69. The second-order valence-electron chi connectivity index (χ2n) is 4.79. The zero-order chi connectivity index (χ0) is 17.0. The molecule has 5 nitrogen and oxygen atoms in total. The lowest BCUT2D eigenvalue weighted by Gasteiger charge is -2.07. The highest BCUT2D eigenvalue weighted by Crippen LogP contribution is 2.22. The molecule has 118 valence electrons. The van der Waals surface area contributed by atoms with Gasteiger partial charge in [-0.3, -0.25) is 5.32 Å². The third kappa shape index (κ3) is 3.92. The van der Waals surface area contributed by atoms with Gasteiger partial charge in [-0.2, -0.15) is 5.26 Å². The van der Waals surface area contributed by atoms with Gasteiger partial charge in [-0.05, 0) is 25.1 Å². The Morgan fingerprint density at radius 1 is 1.39 bits per heavy atom. The fourth-order valence-corrected chi connectivity index (χ4v) is 2.52. The first kappa shape index (κ1) is 17.1. The van der Waals surface area contributed by atoms with Crippen molar-refractivity contribution in [3.05, 3.63) is 56.7 Å². The maximum Gasteiger partial charge on any atom is 0.341 e. The van der Waals surface area contributed by atoms with Gasteiger partial charge < -0.3 is 4.74 Å². The fraction of sp³-hybridized carbons (Fsp3) is 0.188. The number of H-pyrrole nitrogens is 1. The Labute approximate surface area is 143 Å². The van der Waals surface area contributed by atoms with Crippen LogP contribution >= 0.6 is 23.2 Å². The summed E-state index contributed by atoms with van der Waals surface area (Å²) in [4.78, 5) is 14.7. The third-order valence-electron chi connectivity index (χ3n) is 3.27. The highest BCUT2D eigenvalue weighted by molar-refractivity contribution is 6.35. The van der Waals surface area contributed by atoms with E-state index >= 15 is 0 Å². The number of nitrogens with one attached hydrogen (secondary N) is 2. The van der Waals surface area contributed by atoms with Gasteiger partial charge in [0.15, 0.2) is 0 Å². The Kier molecular flexibility index (Phi) is 5.43. The van der Waals surface area contributed by atoms with Gasteiger partial charge in [-0.15, -0.1) is 0 Å². The van der Waals surface area contributed by atoms with Crippen molar-refractivity contribution in [2.24, 2.45) is 0 Å². The molecule has 0 saturated heterocycles. The van der Waals surface area contributed by atoms with E-state index in [9.17, 15) is 10.1 Å². The number of hydrogen-bond donors (Lipinski definition) is 1. The van der Waals surface area contributed by atoms with Crippen LogP contribution < -0.4 is 10.3 Å². The van der Waals surface area contributed by atoms with Gasteiger partial charge in [0.1, 0.15) is 29.4 Å². The minimum absolute atomic E-state index is 0.307. The maximum absolute atomic E-state index is 11.7. The van der Waals surface area contributed by atoms with Gasteiger partial charge in [0.25, 0.3) is 5.82 Å². The predicted molar refractivity (Wildman–Crippen MR) is 87.6 cm³/mol. The molecule has 0 spiro atoms. The van der Waals surface area contributed by atoms with Crippen molar-refractivity contribution in [1.82, 2.24) is 0 Å². The van der Waals surface area contributed by atoms with Crippen molar-refractivity contribution in [1.29, 1.82) is 5.26 Å². The van der Waals surface area contributed by atoms with E-state index in [2.05, 4.69) is 10.3 Å².